The molecular weight excluding hydrogens is 385 g/mol. The number of nitrogens with zero attached hydrogens (tertiary/aromatic N) is 1. The van der Waals surface area contributed by atoms with E-state index >= 15 is 0 Å². The molecular formula is C21H19F3N2O3. The monoisotopic (exact) mass is 404 g/mol. The van der Waals surface area contributed by atoms with Crippen LogP contribution in [0.1, 0.15) is 35.2 Å². The minimum atomic E-state index is -4.53. The summed E-state index contributed by atoms with van der Waals surface area (Å²) < 4.78 is 44.0. The largest absolute Gasteiger partial charge is 0.434 e. The average molecular weight is 404 g/mol. The molecule has 8 heteroatoms. The van der Waals surface area contributed by atoms with Gasteiger partial charge in [-0.05, 0) is 36.6 Å². The van der Waals surface area contributed by atoms with Gasteiger partial charge < -0.3 is 10.2 Å². The van der Waals surface area contributed by atoms with Crippen LogP contribution in [0.4, 0.5) is 13.2 Å². The number of rotatable bonds is 7. The Morgan fingerprint density at radius 1 is 1.14 bits per heavy atom. The summed E-state index contributed by atoms with van der Waals surface area (Å²) in [6.45, 7) is 1.54. The third-order valence-corrected chi connectivity index (χ3v) is 4.90. The summed E-state index contributed by atoms with van der Waals surface area (Å²) in [4.78, 5) is 28.6. The number of primary amides is 1. The van der Waals surface area contributed by atoms with Crippen molar-refractivity contribution in [2.45, 2.75) is 25.9 Å². The molecule has 1 aromatic heterocycles. The SMILES string of the molecule is CC(C(N)=O)[C@H](CCc1ccccc1)C(=O)c1nc2cc(C(F)(F)F)ccc2o1. The first kappa shape index (κ1) is 20.6. The normalized spacial score (nSPS) is 13.9. The van der Waals surface area contributed by atoms with Crippen LogP contribution in [-0.2, 0) is 17.4 Å². The van der Waals surface area contributed by atoms with E-state index in [-0.39, 0.29) is 17.0 Å². The van der Waals surface area contributed by atoms with Gasteiger partial charge in [-0.15, -0.1) is 0 Å². The van der Waals surface area contributed by atoms with Crippen molar-refractivity contribution in [3.8, 4) is 0 Å². The van der Waals surface area contributed by atoms with Gasteiger partial charge in [-0.25, -0.2) is 4.98 Å². The second-order valence-electron chi connectivity index (χ2n) is 6.89. The topological polar surface area (TPSA) is 86.2 Å². The van der Waals surface area contributed by atoms with Gasteiger partial charge in [-0.2, -0.15) is 13.2 Å². The van der Waals surface area contributed by atoms with Gasteiger partial charge >= 0.3 is 6.18 Å². The number of nitrogens with two attached hydrogens (primary N) is 1. The molecule has 3 aromatic rings. The smallest absolute Gasteiger partial charge is 0.416 e. The Morgan fingerprint density at radius 3 is 2.45 bits per heavy atom. The highest BCUT2D eigenvalue weighted by Crippen LogP contribution is 2.32. The number of benzene rings is 2. The molecule has 2 aromatic carbocycles. The number of hydrogen-bond acceptors (Lipinski definition) is 4. The summed E-state index contributed by atoms with van der Waals surface area (Å²) >= 11 is 0. The molecule has 5 nitrogen and oxygen atoms in total. The van der Waals surface area contributed by atoms with Crippen molar-refractivity contribution in [3.05, 3.63) is 65.5 Å². The number of Topliss-reactive ketones (excluding diaryl/α,β-unsaturated/α-hetero) is 1. The van der Waals surface area contributed by atoms with Gasteiger partial charge in [-0.3, -0.25) is 9.59 Å². The average Bonchev–Trinajstić information content (AvgIpc) is 3.11. The Kier molecular flexibility index (Phi) is 5.72. The van der Waals surface area contributed by atoms with E-state index in [0.29, 0.717) is 12.8 Å². The maximum atomic E-state index is 13.0. The van der Waals surface area contributed by atoms with Crippen LogP contribution in [-0.4, -0.2) is 16.7 Å². The molecule has 0 fully saturated rings. The van der Waals surface area contributed by atoms with Gasteiger partial charge in [0.15, 0.2) is 5.58 Å². The van der Waals surface area contributed by atoms with E-state index in [9.17, 15) is 22.8 Å². The number of fused-ring (bicyclic) bond motifs is 1. The molecule has 2 N–H and O–H groups in total. The first-order valence-electron chi connectivity index (χ1n) is 9.02. The molecule has 29 heavy (non-hydrogen) atoms. The van der Waals surface area contributed by atoms with Crippen molar-refractivity contribution < 1.29 is 27.2 Å². The van der Waals surface area contributed by atoms with Gasteiger partial charge in [0, 0.05) is 11.8 Å². The lowest BCUT2D eigenvalue weighted by Gasteiger charge is -2.19. The third kappa shape index (κ3) is 4.64. The van der Waals surface area contributed by atoms with Crippen molar-refractivity contribution in [3.63, 3.8) is 0 Å². The third-order valence-electron chi connectivity index (χ3n) is 4.90. The Labute approximate surface area is 164 Å². The zero-order valence-corrected chi connectivity index (χ0v) is 15.6. The highest BCUT2D eigenvalue weighted by Gasteiger charge is 2.34. The van der Waals surface area contributed by atoms with Crippen LogP contribution in [0.5, 0.6) is 0 Å². The van der Waals surface area contributed by atoms with Gasteiger partial charge in [0.05, 0.1) is 5.56 Å². The fourth-order valence-corrected chi connectivity index (χ4v) is 3.14. The van der Waals surface area contributed by atoms with Crippen molar-refractivity contribution >= 4 is 22.8 Å². The molecule has 0 radical (unpaired) electrons. The summed E-state index contributed by atoms with van der Waals surface area (Å²) in [5.41, 5.74) is 5.48. The number of aromatic nitrogens is 1. The van der Waals surface area contributed by atoms with Crippen molar-refractivity contribution in [2.24, 2.45) is 17.6 Å². The summed E-state index contributed by atoms with van der Waals surface area (Å²) in [5.74, 6) is -3.12. The Bertz CT molecular complexity index is 1030. The summed E-state index contributed by atoms with van der Waals surface area (Å²) in [6, 6.07) is 12.2. The van der Waals surface area contributed by atoms with Gasteiger partial charge in [0.1, 0.15) is 5.52 Å². The molecule has 1 heterocycles. The summed E-state index contributed by atoms with van der Waals surface area (Å²) in [7, 11) is 0. The number of carbonyl (C=O) groups excluding carboxylic acids is 2. The van der Waals surface area contributed by atoms with Crippen LogP contribution in [0, 0.1) is 11.8 Å². The summed E-state index contributed by atoms with van der Waals surface area (Å²) in [6.07, 6.45) is -3.69. The molecule has 1 unspecified atom stereocenters. The van der Waals surface area contributed by atoms with E-state index in [4.69, 9.17) is 10.2 Å². The van der Waals surface area contributed by atoms with Crippen molar-refractivity contribution in [1.29, 1.82) is 0 Å². The number of halogens is 3. The minimum absolute atomic E-state index is 0.0647. The lowest BCUT2D eigenvalue weighted by atomic mass is 9.84. The number of oxazole rings is 1. The highest BCUT2D eigenvalue weighted by molar-refractivity contribution is 5.98. The standard InChI is InChI=1S/C21H19F3N2O3/c1-12(19(25)28)15(9-7-13-5-3-2-4-6-13)18(27)20-26-16-11-14(21(22,23)24)8-10-17(16)29-20/h2-6,8,10-12,15H,7,9H2,1H3,(H2,25,28)/t12?,15-/m0/s1. The van der Waals surface area contributed by atoms with E-state index in [1.54, 1.807) is 6.92 Å². The van der Waals surface area contributed by atoms with E-state index in [2.05, 4.69) is 4.98 Å². The molecule has 0 saturated heterocycles. The molecule has 0 bridgehead atoms. The van der Waals surface area contributed by atoms with Gasteiger partial charge in [-0.1, -0.05) is 37.3 Å². The van der Waals surface area contributed by atoms with E-state index in [1.165, 1.54) is 0 Å². The number of alkyl halides is 3. The van der Waals surface area contributed by atoms with Crippen LogP contribution in [0.15, 0.2) is 52.9 Å². The fraction of sp³-hybridized carbons (Fsp3) is 0.286. The zero-order chi connectivity index (χ0) is 21.2. The molecule has 0 spiro atoms. The molecule has 3 rings (SSSR count). The molecule has 0 aliphatic carbocycles. The first-order valence-corrected chi connectivity index (χ1v) is 9.02. The first-order chi connectivity index (χ1) is 13.7. The maximum absolute atomic E-state index is 13.0. The second kappa shape index (κ2) is 8.06. The van der Waals surface area contributed by atoms with Gasteiger partial charge in [0.2, 0.25) is 11.7 Å². The van der Waals surface area contributed by atoms with Crippen LogP contribution in [0.25, 0.3) is 11.1 Å². The fourth-order valence-electron chi connectivity index (χ4n) is 3.14. The Balaban J connectivity index is 1.89. The lowest BCUT2D eigenvalue weighted by Crippen LogP contribution is -2.33. The quantitative estimate of drug-likeness (QED) is 0.592. The van der Waals surface area contributed by atoms with Crippen LogP contribution < -0.4 is 5.73 Å². The number of aryl methyl sites for hydroxylation is 1. The molecule has 0 aliphatic heterocycles. The van der Waals surface area contributed by atoms with Crippen LogP contribution in [0.2, 0.25) is 0 Å². The van der Waals surface area contributed by atoms with Crippen LogP contribution in [0.3, 0.4) is 0 Å². The Morgan fingerprint density at radius 2 is 1.83 bits per heavy atom. The zero-order valence-electron chi connectivity index (χ0n) is 15.6. The second-order valence-corrected chi connectivity index (χ2v) is 6.89. The van der Waals surface area contributed by atoms with E-state index in [1.807, 2.05) is 30.3 Å². The predicted molar refractivity (Wildman–Crippen MR) is 100.0 cm³/mol. The summed E-state index contributed by atoms with van der Waals surface area (Å²) in [5, 5.41) is 0. The molecule has 152 valence electrons. The van der Waals surface area contributed by atoms with E-state index < -0.39 is 35.3 Å². The predicted octanol–water partition coefficient (Wildman–Crippen LogP) is 4.40. The molecule has 0 aliphatic rings. The molecule has 0 saturated carbocycles. The lowest BCUT2D eigenvalue weighted by molar-refractivity contribution is -0.137. The minimum Gasteiger partial charge on any atom is -0.434 e. The number of carbonyl (C=O) groups is 2. The van der Waals surface area contributed by atoms with Crippen molar-refractivity contribution in [2.75, 3.05) is 0 Å². The number of amides is 1. The molecule has 2 atom stereocenters. The van der Waals surface area contributed by atoms with E-state index in [0.717, 1.165) is 23.8 Å². The number of ketones is 1. The van der Waals surface area contributed by atoms with Crippen molar-refractivity contribution in [1.82, 2.24) is 4.98 Å². The van der Waals surface area contributed by atoms with Crippen LogP contribution >= 0.6 is 0 Å². The Hall–Kier alpha value is -3.16. The maximum Gasteiger partial charge on any atom is 0.416 e. The van der Waals surface area contributed by atoms with Gasteiger partial charge in [0.25, 0.3) is 5.89 Å². The molecule has 1 amide bonds. The number of hydrogen-bond donors (Lipinski definition) is 1. The highest BCUT2D eigenvalue weighted by atomic mass is 19.4.